The van der Waals surface area contributed by atoms with E-state index in [-0.39, 0.29) is 6.54 Å². The van der Waals surface area contributed by atoms with Crippen LogP contribution < -0.4 is 5.32 Å². The predicted octanol–water partition coefficient (Wildman–Crippen LogP) is 5.54. The van der Waals surface area contributed by atoms with Crippen molar-refractivity contribution in [3.05, 3.63) is 82.0 Å². The lowest BCUT2D eigenvalue weighted by atomic mass is 10.1. The van der Waals surface area contributed by atoms with Gasteiger partial charge >= 0.3 is 6.18 Å². The molecule has 0 aromatic carbocycles. The minimum Gasteiger partial charge on any atom is -0.366 e. The van der Waals surface area contributed by atoms with Crippen molar-refractivity contribution < 1.29 is 13.2 Å². The van der Waals surface area contributed by atoms with Crippen molar-refractivity contribution >= 4 is 28.5 Å². The first-order valence-electron chi connectivity index (χ1n) is 9.13. The summed E-state index contributed by atoms with van der Waals surface area (Å²) in [6.45, 7) is 2.27. The summed E-state index contributed by atoms with van der Waals surface area (Å²) >= 11 is 6.37. The van der Waals surface area contributed by atoms with E-state index in [1.807, 2.05) is 25.4 Å². The monoisotopic (exact) mass is 431 g/mol. The van der Waals surface area contributed by atoms with E-state index in [0.717, 1.165) is 33.8 Å². The highest BCUT2D eigenvalue weighted by Crippen LogP contribution is 2.27. The second-order valence-corrected chi connectivity index (χ2v) is 7.31. The molecule has 0 radical (unpaired) electrons. The summed E-state index contributed by atoms with van der Waals surface area (Å²) in [5.74, 6) is 0.528. The van der Waals surface area contributed by atoms with Gasteiger partial charge in [-0.15, -0.1) is 0 Å². The molecule has 4 aromatic heterocycles. The summed E-state index contributed by atoms with van der Waals surface area (Å²) in [5, 5.41) is 4.46. The van der Waals surface area contributed by atoms with Gasteiger partial charge in [0.25, 0.3) is 0 Å². The number of pyridine rings is 3. The first-order chi connectivity index (χ1) is 14.3. The van der Waals surface area contributed by atoms with Crippen LogP contribution in [0.3, 0.4) is 0 Å². The second kappa shape index (κ2) is 7.95. The molecule has 0 aliphatic heterocycles. The van der Waals surface area contributed by atoms with Crippen LogP contribution in [0.15, 0.2) is 48.9 Å². The smallest absolute Gasteiger partial charge is 0.366 e. The third-order valence-corrected chi connectivity index (χ3v) is 4.98. The number of halogens is 4. The molecule has 0 amide bonds. The van der Waals surface area contributed by atoms with Crippen molar-refractivity contribution in [3.63, 3.8) is 0 Å². The molecule has 0 spiro atoms. The summed E-state index contributed by atoms with van der Waals surface area (Å²) in [7, 11) is 0. The number of aromatic amines is 1. The van der Waals surface area contributed by atoms with Crippen LogP contribution in [0.1, 0.15) is 27.9 Å². The Kier molecular flexibility index (Phi) is 5.34. The number of rotatable bonds is 5. The quantitative estimate of drug-likeness (QED) is 0.407. The highest BCUT2D eigenvalue weighted by molar-refractivity contribution is 6.30. The molecule has 0 saturated carbocycles. The minimum absolute atomic E-state index is 0.279. The van der Waals surface area contributed by atoms with Crippen LogP contribution in [0, 0.1) is 6.92 Å². The van der Waals surface area contributed by atoms with Crippen molar-refractivity contribution in [1.29, 1.82) is 0 Å². The number of hydrogen-bond acceptors (Lipinski definition) is 4. The zero-order valence-electron chi connectivity index (χ0n) is 15.9. The van der Waals surface area contributed by atoms with Crippen molar-refractivity contribution in [2.75, 3.05) is 5.32 Å². The molecule has 5 nitrogen and oxygen atoms in total. The van der Waals surface area contributed by atoms with Gasteiger partial charge in [0.05, 0.1) is 0 Å². The summed E-state index contributed by atoms with van der Waals surface area (Å²) in [6.07, 6.45) is 1.07. The Labute approximate surface area is 175 Å². The van der Waals surface area contributed by atoms with Crippen LogP contribution in [-0.4, -0.2) is 19.9 Å². The van der Waals surface area contributed by atoms with Crippen molar-refractivity contribution in [2.45, 2.75) is 26.1 Å². The largest absolute Gasteiger partial charge is 0.433 e. The maximum atomic E-state index is 12.6. The molecule has 0 bridgehead atoms. The first-order valence-corrected chi connectivity index (χ1v) is 9.51. The maximum Gasteiger partial charge on any atom is 0.433 e. The zero-order valence-corrected chi connectivity index (χ0v) is 16.6. The van der Waals surface area contributed by atoms with E-state index < -0.39 is 11.9 Å². The highest BCUT2D eigenvalue weighted by atomic mass is 35.5. The molecule has 154 valence electrons. The van der Waals surface area contributed by atoms with Crippen LogP contribution in [0.25, 0.3) is 11.0 Å². The fourth-order valence-electron chi connectivity index (χ4n) is 3.10. The minimum atomic E-state index is -4.45. The molecule has 4 rings (SSSR count). The van der Waals surface area contributed by atoms with Crippen LogP contribution in [0.4, 0.5) is 19.0 Å². The molecule has 0 atom stereocenters. The maximum absolute atomic E-state index is 12.6. The number of hydrogen-bond donors (Lipinski definition) is 2. The van der Waals surface area contributed by atoms with Gasteiger partial charge in [-0.05, 0) is 47.4 Å². The van der Waals surface area contributed by atoms with E-state index >= 15 is 0 Å². The van der Waals surface area contributed by atoms with E-state index in [4.69, 9.17) is 11.6 Å². The van der Waals surface area contributed by atoms with Crippen molar-refractivity contribution in [1.82, 2.24) is 19.9 Å². The van der Waals surface area contributed by atoms with Gasteiger partial charge in [0.15, 0.2) is 0 Å². The molecule has 0 aliphatic carbocycles. The van der Waals surface area contributed by atoms with Gasteiger partial charge in [-0.3, -0.25) is 4.98 Å². The number of anilines is 1. The number of fused-ring (bicyclic) bond motifs is 1. The first kappa shape index (κ1) is 20.2. The molecule has 0 saturated heterocycles. The number of aryl methyl sites for hydroxylation is 1. The van der Waals surface area contributed by atoms with E-state index in [1.54, 1.807) is 6.07 Å². The van der Waals surface area contributed by atoms with Crippen LogP contribution >= 0.6 is 11.6 Å². The predicted molar refractivity (Wildman–Crippen MR) is 109 cm³/mol. The molecule has 30 heavy (non-hydrogen) atoms. The summed E-state index contributed by atoms with van der Waals surface area (Å²) in [4.78, 5) is 15.3. The van der Waals surface area contributed by atoms with Gasteiger partial charge < -0.3 is 10.3 Å². The Morgan fingerprint density at radius 3 is 2.60 bits per heavy atom. The lowest BCUT2D eigenvalue weighted by Gasteiger charge is -2.10. The summed E-state index contributed by atoms with van der Waals surface area (Å²) < 4.78 is 37.8. The third kappa shape index (κ3) is 4.38. The Hall–Kier alpha value is -3.13. The standard InChI is InChI=1S/C21H17ClF3N5/c1-12-6-16-15(11-29-20(16)28-8-12)7-14-3-5-18(30-19(14)22)27-10-13-2-4-17(26-9-13)21(23,24)25/h2-6,8-9,11H,7,10H2,1H3,(H,27,30)(H,28,29). The molecule has 0 aliphatic rings. The van der Waals surface area contributed by atoms with Gasteiger partial charge in [0, 0.05) is 36.9 Å². The summed E-state index contributed by atoms with van der Waals surface area (Å²) in [6, 6.07) is 8.08. The van der Waals surface area contributed by atoms with Gasteiger partial charge in [-0.1, -0.05) is 23.7 Å². The molecule has 4 aromatic rings. The normalized spacial score (nSPS) is 11.8. The summed E-state index contributed by atoms with van der Waals surface area (Å²) in [5.41, 5.74) is 3.52. The second-order valence-electron chi connectivity index (χ2n) is 6.95. The van der Waals surface area contributed by atoms with Crippen molar-refractivity contribution in [3.8, 4) is 0 Å². The third-order valence-electron chi connectivity index (χ3n) is 4.65. The fourth-order valence-corrected chi connectivity index (χ4v) is 3.32. The zero-order chi connectivity index (χ0) is 21.3. The number of alkyl halides is 3. The number of nitrogens with one attached hydrogen (secondary N) is 2. The molecular weight excluding hydrogens is 415 g/mol. The lowest BCUT2D eigenvalue weighted by molar-refractivity contribution is -0.141. The lowest BCUT2D eigenvalue weighted by Crippen LogP contribution is -2.09. The Morgan fingerprint density at radius 2 is 1.90 bits per heavy atom. The van der Waals surface area contributed by atoms with E-state index in [9.17, 15) is 13.2 Å². The highest BCUT2D eigenvalue weighted by Gasteiger charge is 2.31. The number of H-pyrrole nitrogens is 1. The SMILES string of the molecule is Cc1cnc2[nH]cc(Cc3ccc(NCc4ccc(C(F)(F)F)nc4)nc3Cl)c2c1. The number of aromatic nitrogens is 4. The van der Waals surface area contributed by atoms with Crippen LogP contribution in [-0.2, 0) is 19.1 Å². The molecule has 9 heteroatoms. The van der Waals surface area contributed by atoms with Gasteiger partial charge in [-0.25, -0.2) is 9.97 Å². The topological polar surface area (TPSA) is 66.5 Å². The Balaban J connectivity index is 1.44. The average molecular weight is 432 g/mol. The fraction of sp³-hybridized carbons (Fsp3) is 0.190. The van der Waals surface area contributed by atoms with E-state index in [2.05, 4.69) is 31.3 Å². The molecule has 0 fully saturated rings. The van der Waals surface area contributed by atoms with Gasteiger partial charge in [-0.2, -0.15) is 13.2 Å². The van der Waals surface area contributed by atoms with Gasteiger partial charge in [0.2, 0.25) is 0 Å². The van der Waals surface area contributed by atoms with Crippen LogP contribution in [0.5, 0.6) is 0 Å². The molecule has 2 N–H and O–H groups in total. The Bertz CT molecular complexity index is 1190. The molecule has 4 heterocycles. The molecule has 0 unspecified atom stereocenters. The number of nitrogens with zero attached hydrogens (tertiary/aromatic N) is 3. The van der Waals surface area contributed by atoms with Gasteiger partial charge in [0.1, 0.15) is 22.3 Å². The molecular formula is C21H17ClF3N5. The van der Waals surface area contributed by atoms with Crippen molar-refractivity contribution in [2.24, 2.45) is 0 Å². The van der Waals surface area contributed by atoms with E-state index in [1.165, 1.54) is 12.3 Å². The average Bonchev–Trinajstić information content (AvgIpc) is 3.10. The van der Waals surface area contributed by atoms with E-state index in [0.29, 0.717) is 23.0 Å². The Morgan fingerprint density at radius 1 is 1.07 bits per heavy atom. The van der Waals surface area contributed by atoms with Crippen LogP contribution in [0.2, 0.25) is 5.15 Å².